The molecule has 0 fully saturated rings. The smallest absolute Gasteiger partial charge is 0.261 e. The molecule has 0 saturated carbocycles. The van der Waals surface area contributed by atoms with Crippen molar-refractivity contribution in [3.63, 3.8) is 0 Å². The predicted octanol–water partition coefficient (Wildman–Crippen LogP) is 6.58. The highest BCUT2D eigenvalue weighted by molar-refractivity contribution is 8.00. The number of aryl methyl sites for hydroxylation is 2. The van der Waals surface area contributed by atoms with Gasteiger partial charge in [-0.05, 0) is 73.5 Å². The van der Waals surface area contributed by atoms with Gasteiger partial charge in [-0.15, -0.1) is 11.8 Å². The normalized spacial score (nSPS) is 12.1. The number of rotatable bonds is 8. The van der Waals surface area contributed by atoms with Crippen molar-refractivity contribution in [2.24, 2.45) is 0 Å². The number of nitrogens with one attached hydrogen (secondary N) is 2. The summed E-state index contributed by atoms with van der Waals surface area (Å²) in [7, 11) is -3.68. The van der Waals surface area contributed by atoms with Crippen LogP contribution in [0.15, 0.2) is 113 Å². The summed E-state index contributed by atoms with van der Waals surface area (Å²) in [5.74, 6) is -0.129. The summed E-state index contributed by atoms with van der Waals surface area (Å²) >= 11 is 1.41. The fourth-order valence-corrected chi connectivity index (χ4v) is 5.58. The molecule has 0 spiro atoms. The van der Waals surface area contributed by atoms with E-state index in [1.807, 2.05) is 80.6 Å². The lowest BCUT2D eigenvalue weighted by molar-refractivity contribution is -0.115. The van der Waals surface area contributed by atoms with Gasteiger partial charge in [0, 0.05) is 16.3 Å². The van der Waals surface area contributed by atoms with Crippen molar-refractivity contribution in [3.05, 3.63) is 120 Å². The minimum absolute atomic E-state index is 0.129. The summed E-state index contributed by atoms with van der Waals surface area (Å²) in [6, 6.07) is 31.0. The standard InChI is InChI=1S/C28H26N2O3S2/c1-20-11-17-26(18-12-20)35(32,33)30-23-13-15-25(16-14-23)34-27(22-8-4-3-5-9-22)28(31)29-24-10-6-7-21(2)19-24/h3-19,27,30H,1-2H3,(H,29,31). The molecule has 5 nitrogen and oxygen atoms in total. The third-order valence-electron chi connectivity index (χ3n) is 5.32. The topological polar surface area (TPSA) is 75.3 Å². The number of sulfonamides is 1. The van der Waals surface area contributed by atoms with Gasteiger partial charge in [0.15, 0.2) is 0 Å². The molecule has 0 aliphatic carbocycles. The van der Waals surface area contributed by atoms with E-state index in [0.29, 0.717) is 5.69 Å². The molecular weight excluding hydrogens is 476 g/mol. The number of anilines is 2. The number of thioether (sulfide) groups is 1. The maximum atomic E-state index is 13.2. The predicted molar refractivity (Wildman–Crippen MR) is 143 cm³/mol. The van der Waals surface area contributed by atoms with E-state index in [4.69, 9.17) is 0 Å². The SMILES string of the molecule is Cc1ccc(S(=O)(=O)Nc2ccc(SC(C(=O)Nc3cccc(C)c3)c3ccccc3)cc2)cc1. The molecule has 0 saturated heterocycles. The lowest BCUT2D eigenvalue weighted by Crippen LogP contribution is -2.19. The first-order valence-corrected chi connectivity index (χ1v) is 13.5. The molecule has 0 aliphatic rings. The molecule has 0 radical (unpaired) electrons. The number of hydrogen-bond acceptors (Lipinski definition) is 4. The van der Waals surface area contributed by atoms with E-state index >= 15 is 0 Å². The summed E-state index contributed by atoms with van der Waals surface area (Å²) in [5, 5.41) is 2.53. The fraction of sp³-hybridized carbons (Fsp3) is 0.107. The summed E-state index contributed by atoms with van der Waals surface area (Å²) in [4.78, 5) is 14.3. The van der Waals surface area contributed by atoms with Crippen LogP contribution in [-0.4, -0.2) is 14.3 Å². The molecule has 1 amide bonds. The van der Waals surface area contributed by atoms with Crippen molar-refractivity contribution in [1.82, 2.24) is 0 Å². The minimum atomic E-state index is -3.68. The Balaban J connectivity index is 1.51. The Labute approximate surface area is 210 Å². The number of carbonyl (C=O) groups is 1. The molecule has 4 rings (SSSR count). The summed E-state index contributed by atoms with van der Waals surface area (Å²) in [6.07, 6.45) is 0. The van der Waals surface area contributed by atoms with Crippen LogP contribution < -0.4 is 10.0 Å². The zero-order valence-electron chi connectivity index (χ0n) is 19.4. The Hall–Kier alpha value is -3.55. The van der Waals surface area contributed by atoms with Crippen LogP contribution >= 0.6 is 11.8 Å². The van der Waals surface area contributed by atoms with E-state index in [1.54, 1.807) is 36.4 Å². The molecule has 4 aromatic carbocycles. The van der Waals surface area contributed by atoms with Gasteiger partial charge in [0.05, 0.1) is 4.90 Å². The molecule has 178 valence electrons. The lowest BCUT2D eigenvalue weighted by atomic mass is 10.1. The van der Waals surface area contributed by atoms with Crippen molar-refractivity contribution in [2.45, 2.75) is 28.9 Å². The second-order valence-corrected chi connectivity index (χ2v) is 11.1. The van der Waals surface area contributed by atoms with Crippen LogP contribution in [0.25, 0.3) is 0 Å². The van der Waals surface area contributed by atoms with Crippen molar-refractivity contribution in [1.29, 1.82) is 0 Å². The highest BCUT2D eigenvalue weighted by Crippen LogP contribution is 2.37. The molecule has 35 heavy (non-hydrogen) atoms. The van der Waals surface area contributed by atoms with E-state index in [2.05, 4.69) is 10.0 Å². The van der Waals surface area contributed by atoms with Crippen molar-refractivity contribution in [2.75, 3.05) is 10.0 Å². The quantitative estimate of drug-likeness (QED) is 0.267. The Morgan fingerprint density at radius 2 is 1.43 bits per heavy atom. The van der Waals surface area contributed by atoms with E-state index < -0.39 is 15.3 Å². The van der Waals surface area contributed by atoms with Gasteiger partial charge < -0.3 is 5.32 Å². The maximum absolute atomic E-state index is 13.2. The van der Waals surface area contributed by atoms with Crippen LogP contribution in [0.3, 0.4) is 0 Å². The summed E-state index contributed by atoms with van der Waals surface area (Å²) < 4.78 is 28.0. The lowest BCUT2D eigenvalue weighted by Gasteiger charge is -2.18. The third kappa shape index (κ3) is 6.53. The Bertz CT molecular complexity index is 1400. The van der Waals surface area contributed by atoms with Gasteiger partial charge in [-0.25, -0.2) is 8.42 Å². The van der Waals surface area contributed by atoms with Gasteiger partial charge in [0.25, 0.3) is 10.0 Å². The highest BCUT2D eigenvalue weighted by Gasteiger charge is 2.22. The molecular formula is C28H26N2O3S2. The van der Waals surface area contributed by atoms with Crippen molar-refractivity contribution >= 4 is 39.1 Å². The average molecular weight is 503 g/mol. The van der Waals surface area contributed by atoms with Crippen LogP contribution in [0.2, 0.25) is 0 Å². The number of hydrogen-bond donors (Lipinski definition) is 2. The monoisotopic (exact) mass is 502 g/mol. The molecule has 0 heterocycles. The second-order valence-electron chi connectivity index (χ2n) is 8.21. The molecule has 1 atom stereocenters. The van der Waals surface area contributed by atoms with E-state index in [9.17, 15) is 13.2 Å². The van der Waals surface area contributed by atoms with Gasteiger partial charge in [-0.2, -0.15) is 0 Å². The largest absolute Gasteiger partial charge is 0.325 e. The zero-order chi connectivity index (χ0) is 24.8. The van der Waals surface area contributed by atoms with Gasteiger partial charge in [0.1, 0.15) is 5.25 Å². The van der Waals surface area contributed by atoms with Gasteiger partial charge in [-0.1, -0.05) is 60.2 Å². The molecule has 0 aromatic heterocycles. The van der Waals surface area contributed by atoms with Crippen LogP contribution in [-0.2, 0) is 14.8 Å². The number of amides is 1. The molecule has 4 aromatic rings. The van der Waals surface area contributed by atoms with Gasteiger partial charge in [-0.3, -0.25) is 9.52 Å². The fourth-order valence-electron chi connectivity index (χ4n) is 3.50. The molecule has 0 aliphatic heterocycles. The summed E-state index contributed by atoms with van der Waals surface area (Å²) in [5.41, 5.74) is 4.14. The first kappa shape index (κ1) is 24.6. The average Bonchev–Trinajstić information content (AvgIpc) is 2.84. The van der Waals surface area contributed by atoms with Crippen LogP contribution in [0.1, 0.15) is 21.9 Å². The first-order chi connectivity index (χ1) is 16.8. The number of carbonyl (C=O) groups excluding carboxylic acids is 1. The van der Waals surface area contributed by atoms with Crippen molar-refractivity contribution in [3.8, 4) is 0 Å². The Morgan fingerprint density at radius 3 is 2.09 bits per heavy atom. The Morgan fingerprint density at radius 1 is 0.743 bits per heavy atom. The number of benzene rings is 4. The minimum Gasteiger partial charge on any atom is -0.325 e. The van der Waals surface area contributed by atoms with Crippen LogP contribution in [0.4, 0.5) is 11.4 Å². The van der Waals surface area contributed by atoms with Crippen LogP contribution in [0, 0.1) is 13.8 Å². The third-order valence-corrected chi connectivity index (χ3v) is 7.98. The van der Waals surface area contributed by atoms with E-state index in [1.165, 1.54) is 11.8 Å². The van der Waals surface area contributed by atoms with Crippen molar-refractivity contribution < 1.29 is 13.2 Å². The first-order valence-electron chi connectivity index (χ1n) is 11.1. The zero-order valence-corrected chi connectivity index (χ0v) is 21.1. The summed E-state index contributed by atoms with van der Waals surface area (Å²) in [6.45, 7) is 3.89. The maximum Gasteiger partial charge on any atom is 0.261 e. The highest BCUT2D eigenvalue weighted by atomic mass is 32.2. The van der Waals surface area contributed by atoms with Gasteiger partial charge in [0.2, 0.25) is 5.91 Å². The molecule has 7 heteroatoms. The van der Waals surface area contributed by atoms with Gasteiger partial charge >= 0.3 is 0 Å². The molecule has 2 N–H and O–H groups in total. The van der Waals surface area contributed by atoms with E-state index in [-0.39, 0.29) is 10.8 Å². The van der Waals surface area contributed by atoms with Crippen LogP contribution in [0.5, 0.6) is 0 Å². The Kier molecular flexibility index (Phi) is 7.58. The molecule has 1 unspecified atom stereocenters. The van der Waals surface area contributed by atoms with E-state index in [0.717, 1.165) is 27.3 Å². The molecule has 0 bridgehead atoms. The second kappa shape index (κ2) is 10.8.